The van der Waals surface area contributed by atoms with Crippen molar-refractivity contribution in [3.8, 4) is 0 Å². The minimum absolute atomic E-state index is 0.324. The first-order chi connectivity index (χ1) is 9.61. The third kappa shape index (κ3) is 3.57. The Labute approximate surface area is 126 Å². The van der Waals surface area contributed by atoms with Crippen LogP contribution in [0.15, 0.2) is 0 Å². The van der Waals surface area contributed by atoms with E-state index in [4.69, 9.17) is 5.73 Å². The molecule has 2 N–H and O–H groups in total. The molecule has 0 heterocycles. The van der Waals surface area contributed by atoms with Gasteiger partial charge >= 0.3 is 0 Å². The SMILES string of the molecule is CCC1CCC(CN)(N(CC(C)C)C2CCCC2)CC1. The molecule has 0 spiro atoms. The predicted molar refractivity (Wildman–Crippen MR) is 87.8 cm³/mol. The molecule has 0 amide bonds. The third-order valence-electron chi connectivity index (χ3n) is 5.93. The summed E-state index contributed by atoms with van der Waals surface area (Å²) in [6.45, 7) is 9.20. The van der Waals surface area contributed by atoms with E-state index in [2.05, 4.69) is 25.7 Å². The fourth-order valence-electron chi connectivity index (χ4n) is 4.57. The van der Waals surface area contributed by atoms with Crippen molar-refractivity contribution in [2.75, 3.05) is 13.1 Å². The summed E-state index contributed by atoms with van der Waals surface area (Å²) in [5, 5.41) is 0. The molecule has 2 aliphatic carbocycles. The van der Waals surface area contributed by atoms with E-state index in [0.717, 1.165) is 24.4 Å². The lowest BCUT2D eigenvalue weighted by atomic mass is 9.73. The van der Waals surface area contributed by atoms with E-state index in [1.807, 2.05) is 0 Å². The maximum atomic E-state index is 6.33. The molecule has 0 aliphatic heterocycles. The maximum absolute atomic E-state index is 6.33. The molecule has 2 heteroatoms. The van der Waals surface area contributed by atoms with E-state index < -0.39 is 0 Å². The monoisotopic (exact) mass is 280 g/mol. The van der Waals surface area contributed by atoms with Gasteiger partial charge in [0.1, 0.15) is 0 Å². The van der Waals surface area contributed by atoms with Gasteiger partial charge in [0, 0.05) is 24.7 Å². The first-order valence-corrected chi connectivity index (χ1v) is 9.08. The van der Waals surface area contributed by atoms with Crippen LogP contribution in [-0.4, -0.2) is 29.6 Å². The summed E-state index contributed by atoms with van der Waals surface area (Å²) in [6.07, 6.45) is 12.5. The molecule has 2 rings (SSSR count). The normalized spacial score (nSPS) is 32.4. The molecule has 2 saturated carbocycles. The summed E-state index contributed by atoms with van der Waals surface area (Å²) in [7, 11) is 0. The number of hydrogen-bond donors (Lipinski definition) is 1. The van der Waals surface area contributed by atoms with Crippen LogP contribution < -0.4 is 5.73 Å². The summed E-state index contributed by atoms with van der Waals surface area (Å²) in [5.41, 5.74) is 6.65. The summed E-state index contributed by atoms with van der Waals surface area (Å²) >= 11 is 0. The second-order valence-corrected chi connectivity index (χ2v) is 7.76. The van der Waals surface area contributed by atoms with Crippen LogP contribution in [0.3, 0.4) is 0 Å². The Morgan fingerprint density at radius 3 is 2.15 bits per heavy atom. The summed E-state index contributed by atoms with van der Waals surface area (Å²) in [5.74, 6) is 1.71. The van der Waals surface area contributed by atoms with E-state index in [1.165, 1.54) is 64.3 Å². The van der Waals surface area contributed by atoms with E-state index in [0.29, 0.717) is 5.54 Å². The van der Waals surface area contributed by atoms with E-state index in [9.17, 15) is 0 Å². The van der Waals surface area contributed by atoms with Gasteiger partial charge in [0.15, 0.2) is 0 Å². The topological polar surface area (TPSA) is 29.3 Å². The van der Waals surface area contributed by atoms with E-state index in [1.54, 1.807) is 0 Å². The second-order valence-electron chi connectivity index (χ2n) is 7.76. The molecule has 0 aromatic carbocycles. The summed E-state index contributed by atoms with van der Waals surface area (Å²) in [6, 6.07) is 0.819. The smallest absolute Gasteiger partial charge is 0.0334 e. The fourth-order valence-corrected chi connectivity index (χ4v) is 4.57. The fraction of sp³-hybridized carbons (Fsp3) is 1.00. The predicted octanol–water partition coefficient (Wildman–Crippen LogP) is 4.18. The Morgan fingerprint density at radius 2 is 1.70 bits per heavy atom. The lowest BCUT2D eigenvalue weighted by Gasteiger charge is -2.51. The summed E-state index contributed by atoms with van der Waals surface area (Å²) in [4.78, 5) is 2.87. The molecule has 2 fully saturated rings. The Kier molecular flexibility index (Phi) is 5.92. The van der Waals surface area contributed by atoms with Gasteiger partial charge in [-0.1, -0.05) is 40.0 Å². The standard InChI is InChI=1S/C18H36N2/c1-4-16-9-11-18(14-19,12-10-16)20(13-15(2)3)17-7-5-6-8-17/h15-17H,4-14,19H2,1-3H3. The van der Waals surface area contributed by atoms with E-state index in [-0.39, 0.29) is 0 Å². The quantitative estimate of drug-likeness (QED) is 0.790. The summed E-state index contributed by atoms with van der Waals surface area (Å²) < 4.78 is 0. The van der Waals surface area contributed by atoms with Crippen LogP contribution in [0.25, 0.3) is 0 Å². The molecule has 2 aliphatic rings. The molecule has 0 aromatic heterocycles. The van der Waals surface area contributed by atoms with Crippen molar-refractivity contribution in [3.05, 3.63) is 0 Å². The number of rotatable bonds is 6. The Bertz CT molecular complexity index is 273. The van der Waals surface area contributed by atoms with Crippen molar-refractivity contribution in [1.82, 2.24) is 4.90 Å². The highest BCUT2D eigenvalue weighted by molar-refractivity contribution is 4.99. The Morgan fingerprint density at radius 1 is 1.10 bits per heavy atom. The second kappa shape index (κ2) is 7.26. The highest BCUT2D eigenvalue weighted by Crippen LogP contribution is 2.41. The molecule has 0 saturated heterocycles. The van der Waals surface area contributed by atoms with Crippen molar-refractivity contribution < 1.29 is 0 Å². The minimum Gasteiger partial charge on any atom is -0.329 e. The van der Waals surface area contributed by atoms with Gasteiger partial charge in [-0.15, -0.1) is 0 Å². The van der Waals surface area contributed by atoms with Gasteiger partial charge in [0.25, 0.3) is 0 Å². The van der Waals surface area contributed by atoms with Gasteiger partial charge in [-0.3, -0.25) is 4.90 Å². The van der Waals surface area contributed by atoms with Crippen LogP contribution in [0.4, 0.5) is 0 Å². The molecular weight excluding hydrogens is 244 g/mol. The lowest BCUT2D eigenvalue weighted by Crippen LogP contribution is -2.59. The number of hydrogen-bond acceptors (Lipinski definition) is 2. The lowest BCUT2D eigenvalue weighted by molar-refractivity contribution is -0.000169. The van der Waals surface area contributed by atoms with Crippen molar-refractivity contribution in [2.24, 2.45) is 17.6 Å². The highest BCUT2D eigenvalue weighted by Gasteiger charge is 2.42. The van der Waals surface area contributed by atoms with E-state index >= 15 is 0 Å². The molecule has 2 nitrogen and oxygen atoms in total. The molecule has 0 bridgehead atoms. The first-order valence-electron chi connectivity index (χ1n) is 9.08. The molecule has 0 aromatic rings. The largest absolute Gasteiger partial charge is 0.329 e. The Balaban J connectivity index is 2.11. The van der Waals surface area contributed by atoms with Gasteiger partial charge < -0.3 is 5.73 Å². The average Bonchev–Trinajstić information content (AvgIpc) is 2.98. The van der Waals surface area contributed by atoms with Crippen molar-refractivity contribution in [1.29, 1.82) is 0 Å². The molecule has 20 heavy (non-hydrogen) atoms. The Hall–Kier alpha value is -0.0800. The average molecular weight is 281 g/mol. The zero-order valence-electron chi connectivity index (χ0n) is 14.0. The van der Waals surface area contributed by atoms with Crippen LogP contribution in [0.1, 0.15) is 78.6 Å². The first kappa shape index (κ1) is 16.3. The van der Waals surface area contributed by atoms with Gasteiger partial charge in [0.05, 0.1) is 0 Å². The molecule has 0 radical (unpaired) electrons. The van der Waals surface area contributed by atoms with Crippen LogP contribution in [0.2, 0.25) is 0 Å². The zero-order chi connectivity index (χ0) is 14.6. The van der Waals surface area contributed by atoms with Gasteiger partial charge in [0.2, 0.25) is 0 Å². The van der Waals surface area contributed by atoms with Gasteiger partial charge in [-0.2, -0.15) is 0 Å². The van der Waals surface area contributed by atoms with Crippen molar-refractivity contribution >= 4 is 0 Å². The van der Waals surface area contributed by atoms with Crippen molar-refractivity contribution in [2.45, 2.75) is 90.1 Å². The van der Waals surface area contributed by atoms with Gasteiger partial charge in [-0.05, 0) is 50.4 Å². The minimum atomic E-state index is 0.324. The zero-order valence-corrected chi connectivity index (χ0v) is 14.0. The molecule has 0 atom stereocenters. The number of nitrogens with two attached hydrogens (primary N) is 1. The molecular formula is C18H36N2. The van der Waals surface area contributed by atoms with Crippen LogP contribution >= 0.6 is 0 Å². The number of nitrogens with zero attached hydrogens (tertiary/aromatic N) is 1. The van der Waals surface area contributed by atoms with Crippen LogP contribution in [0, 0.1) is 11.8 Å². The van der Waals surface area contributed by atoms with Gasteiger partial charge in [-0.25, -0.2) is 0 Å². The molecule has 118 valence electrons. The third-order valence-corrected chi connectivity index (χ3v) is 5.93. The van der Waals surface area contributed by atoms with Crippen LogP contribution in [-0.2, 0) is 0 Å². The van der Waals surface area contributed by atoms with Crippen molar-refractivity contribution in [3.63, 3.8) is 0 Å². The molecule has 0 unspecified atom stereocenters. The highest BCUT2D eigenvalue weighted by atomic mass is 15.2. The van der Waals surface area contributed by atoms with Crippen LogP contribution in [0.5, 0.6) is 0 Å². The maximum Gasteiger partial charge on any atom is 0.0334 e.